The first-order valence-corrected chi connectivity index (χ1v) is 7.58. The molecule has 25 heavy (non-hydrogen) atoms. The van der Waals surface area contributed by atoms with E-state index in [-0.39, 0.29) is 24.0 Å². The molecule has 0 aliphatic heterocycles. The summed E-state index contributed by atoms with van der Waals surface area (Å²) in [5.41, 5.74) is 2.16. The van der Waals surface area contributed by atoms with Crippen LogP contribution in [0.1, 0.15) is 15.9 Å². The van der Waals surface area contributed by atoms with Crippen molar-refractivity contribution in [2.75, 3.05) is 26.1 Å². The van der Waals surface area contributed by atoms with Crippen molar-refractivity contribution in [3.05, 3.63) is 53.6 Å². The summed E-state index contributed by atoms with van der Waals surface area (Å²) in [6.45, 7) is -2.69. The largest absolute Gasteiger partial charge is 0.493 e. The lowest BCUT2D eigenvalue weighted by Gasteiger charge is -2.14. The fourth-order valence-corrected chi connectivity index (χ4v) is 2.23. The molecule has 0 saturated heterocycles. The van der Waals surface area contributed by atoms with Crippen molar-refractivity contribution in [2.24, 2.45) is 0 Å². The van der Waals surface area contributed by atoms with Crippen molar-refractivity contribution in [1.29, 1.82) is 0 Å². The summed E-state index contributed by atoms with van der Waals surface area (Å²) in [7, 11) is 5.15. The number of carbonyl (C=O) groups excluding carboxylic acids is 1. The Hall–Kier alpha value is -2.83. The molecule has 0 unspecified atom stereocenters. The molecule has 134 valence electrons. The quantitative estimate of drug-likeness (QED) is 0.833. The van der Waals surface area contributed by atoms with E-state index in [1.54, 1.807) is 24.3 Å². The maximum absolute atomic E-state index is 12.3. The summed E-state index contributed by atoms with van der Waals surface area (Å²) in [5, 5.41) is 2.79. The van der Waals surface area contributed by atoms with Gasteiger partial charge in [0.1, 0.15) is 0 Å². The molecule has 0 heterocycles. The maximum atomic E-state index is 12.3. The van der Waals surface area contributed by atoms with E-state index in [9.17, 15) is 13.6 Å². The Morgan fingerprint density at radius 1 is 1.16 bits per heavy atom. The van der Waals surface area contributed by atoms with Crippen LogP contribution >= 0.6 is 0 Å². The molecule has 2 aromatic rings. The Labute approximate surface area is 145 Å². The van der Waals surface area contributed by atoms with Crippen molar-refractivity contribution in [3.8, 4) is 11.5 Å². The molecule has 0 aromatic heterocycles. The number of hydrogen-bond donors (Lipinski definition) is 1. The Morgan fingerprint density at radius 3 is 2.56 bits per heavy atom. The zero-order valence-corrected chi connectivity index (χ0v) is 14.3. The van der Waals surface area contributed by atoms with Crippen LogP contribution in [0.4, 0.5) is 14.5 Å². The van der Waals surface area contributed by atoms with Gasteiger partial charge in [-0.2, -0.15) is 8.78 Å². The predicted octanol–water partition coefficient (Wildman–Crippen LogP) is 3.29. The van der Waals surface area contributed by atoms with Gasteiger partial charge in [0.25, 0.3) is 5.91 Å². The second-order valence-corrected chi connectivity index (χ2v) is 5.49. The molecule has 0 aliphatic carbocycles. The number of nitrogens with zero attached hydrogens (tertiary/aromatic N) is 1. The van der Waals surface area contributed by atoms with Gasteiger partial charge in [-0.05, 0) is 35.9 Å². The fourth-order valence-electron chi connectivity index (χ4n) is 2.23. The van der Waals surface area contributed by atoms with E-state index in [1.165, 1.54) is 13.2 Å². The van der Waals surface area contributed by atoms with Crippen LogP contribution in [0.25, 0.3) is 0 Å². The molecule has 2 aromatic carbocycles. The molecule has 7 heteroatoms. The van der Waals surface area contributed by atoms with Crippen molar-refractivity contribution < 1.29 is 23.0 Å². The molecule has 5 nitrogen and oxygen atoms in total. The lowest BCUT2D eigenvalue weighted by molar-refractivity contribution is -0.0512. The molecular weight excluding hydrogens is 330 g/mol. The summed E-state index contributed by atoms with van der Waals surface area (Å²) < 4.78 is 34.1. The lowest BCUT2D eigenvalue weighted by Crippen LogP contribution is -2.23. The monoisotopic (exact) mass is 350 g/mol. The first-order valence-electron chi connectivity index (χ1n) is 7.58. The third-order valence-corrected chi connectivity index (χ3v) is 3.52. The summed E-state index contributed by atoms with van der Waals surface area (Å²) in [4.78, 5) is 14.2. The van der Waals surface area contributed by atoms with E-state index in [1.807, 2.05) is 31.1 Å². The minimum absolute atomic E-state index is 0.0498. The number of methoxy groups -OCH3 is 1. The first-order chi connectivity index (χ1) is 11.9. The summed E-state index contributed by atoms with van der Waals surface area (Å²) in [6, 6.07) is 11.8. The number of rotatable bonds is 7. The Balaban J connectivity index is 2.05. The van der Waals surface area contributed by atoms with E-state index < -0.39 is 6.61 Å². The van der Waals surface area contributed by atoms with Crippen LogP contribution < -0.4 is 19.7 Å². The predicted molar refractivity (Wildman–Crippen MR) is 91.6 cm³/mol. The number of nitrogens with one attached hydrogen (secondary N) is 1. The summed E-state index contributed by atoms with van der Waals surface area (Å²) in [6.07, 6.45) is 0. The van der Waals surface area contributed by atoms with Crippen LogP contribution in [0, 0.1) is 0 Å². The molecule has 0 radical (unpaired) electrons. The highest BCUT2D eigenvalue weighted by Crippen LogP contribution is 2.29. The second kappa shape index (κ2) is 8.32. The smallest absolute Gasteiger partial charge is 0.387 e. The third kappa shape index (κ3) is 5.07. The number of alkyl halides is 2. The first kappa shape index (κ1) is 18.5. The number of amides is 1. The average Bonchev–Trinajstić information content (AvgIpc) is 2.60. The van der Waals surface area contributed by atoms with Crippen LogP contribution in [-0.4, -0.2) is 33.7 Å². The number of benzene rings is 2. The molecule has 0 fully saturated rings. The normalized spacial score (nSPS) is 10.5. The van der Waals surface area contributed by atoms with E-state index in [0.29, 0.717) is 11.1 Å². The van der Waals surface area contributed by atoms with Gasteiger partial charge in [0.2, 0.25) is 0 Å². The van der Waals surface area contributed by atoms with Gasteiger partial charge in [-0.1, -0.05) is 12.1 Å². The maximum Gasteiger partial charge on any atom is 0.387 e. The summed E-state index contributed by atoms with van der Waals surface area (Å²) in [5.74, 6) is -0.0940. The van der Waals surface area contributed by atoms with Crippen molar-refractivity contribution in [2.45, 2.75) is 13.2 Å². The Kier molecular flexibility index (Phi) is 6.16. The molecule has 0 aliphatic rings. The molecular formula is C18H20F2N2O3. The number of anilines is 1. The lowest BCUT2D eigenvalue weighted by atomic mass is 10.1. The van der Waals surface area contributed by atoms with E-state index >= 15 is 0 Å². The molecule has 0 bridgehead atoms. The number of ether oxygens (including phenoxy) is 2. The third-order valence-electron chi connectivity index (χ3n) is 3.52. The van der Waals surface area contributed by atoms with E-state index in [0.717, 1.165) is 5.69 Å². The van der Waals surface area contributed by atoms with Gasteiger partial charge in [-0.25, -0.2) is 0 Å². The van der Waals surface area contributed by atoms with Crippen LogP contribution in [0.3, 0.4) is 0 Å². The SMILES string of the molecule is COc1cc(CNC(=O)c2cccc(N(C)C)c2)ccc1OC(F)F. The minimum Gasteiger partial charge on any atom is -0.493 e. The van der Waals surface area contributed by atoms with Gasteiger partial charge in [0.05, 0.1) is 7.11 Å². The molecule has 0 spiro atoms. The number of hydrogen-bond acceptors (Lipinski definition) is 4. The van der Waals surface area contributed by atoms with Crippen molar-refractivity contribution >= 4 is 11.6 Å². The highest BCUT2D eigenvalue weighted by molar-refractivity contribution is 5.95. The van der Waals surface area contributed by atoms with Gasteiger partial charge in [0.15, 0.2) is 11.5 Å². The Morgan fingerprint density at radius 2 is 1.92 bits per heavy atom. The standard InChI is InChI=1S/C18H20F2N2O3/c1-22(2)14-6-4-5-13(10-14)17(23)21-11-12-7-8-15(25-18(19)20)16(9-12)24-3/h4-10,18H,11H2,1-3H3,(H,21,23). The number of halogens is 2. The van der Waals surface area contributed by atoms with Gasteiger partial charge in [-0.15, -0.1) is 0 Å². The van der Waals surface area contributed by atoms with Crippen LogP contribution in [0.15, 0.2) is 42.5 Å². The van der Waals surface area contributed by atoms with Gasteiger partial charge in [-0.3, -0.25) is 4.79 Å². The topological polar surface area (TPSA) is 50.8 Å². The Bertz CT molecular complexity index is 736. The second-order valence-electron chi connectivity index (χ2n) is 5.49. The van der Waals surface area contributed by atoms with Crippen molar-refractivity contribution in [1.82, 2.24) is 5.32 Å². The molecule has 0 atom stereocenters. The van der Waals surface area contributed by atoms with Gasteiger partial charge >= 0.3 is 6.61 Å². The zero-order valence-electron chi connectivity index (χ0n) is 14.3. The van der Waals surface area contributed by atoms with Crippen LogP contribution in [-0.2, 0) is 6.54 Å². The summed E-state index contributed by atoms with van der Waals surface area (Å²) >= 11 is 0. The zero-order chi connectivity index (χ0) is 18.4. The van der Waals surface area contributed by atoms with E-state index in [2.05, 4.69) is 10.1 Å². The fraction of sp³-hybridized carbons (Fsp3) is 0.278. The highest BCUT2D eigenvalue weighted by atomic mass is 19.3. The van der Waals surface area contributed by atoms with Gasteiger partial charge < -0.3 is 19.7 Å². The minimum atomic E-state index is -2.93. The van der Waals surface area contributed by atoms with Gasteiger partial charge in [0, 0.05) is 31.9 Å². The molecule has 1 amide bonds. The van der Waals surface area contributed by atoms with Crippen LogP contribution in [0.5, 0.6) is 11.5 Å². The van der Waals surface area contributed by atoms with E-state index in [4.69, 9.17) is 4.74 Å². The highest BCUT2D eigenvalue weighted by Gasteiger charge is 2.12. The molecule has 2 rings (SSSR count). The number of carbonyl (C=O) groups is 1. The molecule has 1 N–H and O–H groups in total. The average molecular weight is 350 g/mol. The van der Waals surface area contributed by atoms with Crippen LogP contribution in [0.2, 0.25) is 0 Å². The van der Waals surface area contributed by atoms with Crippen molar-refractivity contribution in [3.63, 3.8) is 0 Å². The molecule has 0 saturated carbocycles.